The third-order valence-electron chi connectivity index (χ3n) is 4.14. The number of benzene rings is 1. The van der Waals surface area contributed by atoms with Gasteiger partial charge in [0, 0.05) is 32.2 Å². The smallest absolute Gasteiger partial charge is 0.263 e. The number of piperazine rings is 1. The fourth-order valence-electron chi connectivity index (χ4n) is 2.75. The van der Waals surface area contributed by atoms with Crippen molar-refractivity contribution in [2.75, 3.05) is 39.5 Å². The lowest BCUT2D eigenvalue weighted by Gasteiger charge is -2.35. The number of hydrogen-bond donors (Lipinski definition) is 0. The van der Waals surface area contributed by atoms with Gasteiger partial charge < -0.3 is 24.0 Å². The summed E-state index contributed by atoms with van der Waals surface area (Å²) < 4.78 is 16.4. The maximum absolute atomic E-state index is 12.5. The predicted molar refractivity (Wildman–Crippen MR) is 81.3 cm³/mol. The van der Waals surface area contributed by atoms with Crippen molar-refractivity contribution in [1.82, 2.24) is 9.80 Å². The zero-order valence-electron chi connectivity index (χ0n) is 13.1. The standard InChI is InChI=1S/C16H22N2O4/c1-3-17-6-8-18(9-7-17)16(19)12(2)22-13-4-5-14-15(10-13)21-11-20-14/h4-5,10,12H,3,6-9,11H2,1-2H3. The molecule has 1 fully saturated rings. The van der Waals surface area contributed by atoms with Gasteiger partial charge >= 0.3 is 0 Å². The molecule has 2 aliphatic heterocycles. The van der Waals surface area contributed by atoms with Crippen LogP contribution in [0.25, 0.3) is 0 Å². The SMILES string of the molecule is CCN1CCN(C(=O)C(C)Oc2ccc3c(c2)OCO3)CC1. The Morgan fingerprint density at radius 3 is 2.68 bits per heavy atom. The van der Waals surface area contributed by atoms with Crippen LogP contribution in [-0.2, 0) is 4.79 Å². The highest BCUT2D eigenvalue weighted by atomic mass is 16.7. The molecule has 0 saturated carbocycles. The van der Waals surface area contributed by atoms with E-state index in [0.717, 1.165) is 32.7 Å². The molecule has 0 spiro atoms. The van der Waals surface area contributed by atoms with Gasteiger partial charge in [0.1, 0.15) is 5.75 Å². The summed E-state index contributed by atoms with van der Waals surface area (Å²) >= 11 is 0. The number of nitrogens with zero attached hydrogens (tertiary/aromatic N) is 2. The summed E-state index contributed by atoms with van der Waals surface area (Å²) in [6.45, 7) is 8.59. The van der Waals surface area contributed by atoms with Gasteiger partial charge in [-0.1, -0.05) is 6.92 Å². The van der Waals surface area contributed by atoms with Crippen LogP contribution in [0.3, 0.4) is 0 Å². The van der Waals surface area contributed by atoms with E-state index >= 15 is 0 Å². The number of carbonyl (C=O) groups excluding carboxylic acids is 1. The summed E-state index contributed by atoms with van der Waals surface area (Å²) in [5.41, 5.74) is 0. The zero-order valence-corrected chi connectivity index (χ0v) is 13.1. The van der Waals surface area contributed by atoms with Crippen molar-refractivity contribution in [1.29, 1.82) is 0 Å². The van der Waals surface area contributed by atoms with E-state index in [2.05, 4.69) is 11.8 Å². The number of amides is 1. The van der Waals surface area contributed by atoms with E-state index in [1.54, 1.807) is 25.1 Å². The van der Waals surface area contributed by atoms with Crippen LogP contribution in [0.1, 0.15) is 13.8 Å². The van der Waals surface area contributed by atoms with Crippen LogP contribution < -0.4 is 14.2 Å². The van der Waals surface area contributed by atoms with E-state index in [4.69, 9.17) is 14.2 Å². The molecular formula is C16H22N2O4. The first-order valence-electron chi connectivity index (χ1n) is 7.75. The minimum absolute atomic E-state index is 0.0356. The Hall–Kier alpha value is -1.95. The molecule has 1 amide bonds. The molecule has 6 nitrogen and oxygen atoms in total. The number of likely N-dealkylation sites (N-methyl/N-ethyl adjacent to an activating group) is 1. The molecule has 0 N–H and O–H groups in total. The second-order valence-electron chi connectivity index (χ2n) is 5.53. The van der Waals surface area contributed by atoms with Crippen LogP contribution >= 0.6 is 0 Å². The van der Waals surface area contributed by atoms with Crippen molar-refractivity contribution in [2.45, 2.75) is 20.0 Å². The average Bonchev–Trinajstić information content (AvgIpc) is 3.02. The maximum Gasteiger partial charge on any atom is 0.263 e. The third-order valence-corrected chi connectivity index (χ3v) is 4.14. The fraction of sp³-hybridized carbons (Fsp3) is 0.562. The first-order valence-corrected chi connectivity index (χ1v) is 7.75. The molecule has 1 atom stereocenters. The lowest BCUT2D eigenvalue weighted by molar-refractivity contribution is -0.139. The minimum atomic E-state index is -0.506. The van der Waals surface area contributed by atoms with Crippen molar-refractivity contribution in [3.63, 3.8) is 0 Å². The average molecular weight is 306 g/mol. The van der Waals surface area contributed by atoms with Gasteiger partial charge in [0.05, 0.1) is 0 Å². The molecule has 0 radical (unpaired) electrons. The minimum Gasteiger partial charge on any atom is -0.481 e. The van der Waals surface area contributed by atoms with Crippen LogP contribution in [0.2, 0.25) is 0 Å². The Kier molecular flexibility index (Phi) is 4.38. The largest absolute Gasteiger partial charge is 0.481 e. The Morgan fingerprint density at radius 1 is 1.23 bits per heavy atom. The molecule has 1 unspecified atom stereocenters. The van der Waals surface area contributed by atoms with Gasteiger partial charge in [0.25, 0.3) is 5.91 Å². The Morgan fingerprint density at radius 2 is 1.95 bits per heavy atom. The highest BCUT2D eigenvalue weighted by Gasteiger charge is 2.26. The molecule has 1 aromatic carbocycles. The van der Waals surface area contributed by atoms with E-state index in [-0.39, 0.29) is 12.7 Å². The summed E-state index contributed by atoms with van der Waals surface area (Å²) in [6.07, 6.45) is -0.506. The summed E-state index contributed by atoms with van der Waals surface area (Å²) in [7, 11) is 0. The van der Waals surface area contributed by atoms with Crippen molar-refractivity contribution >= 4 is 5.91 Å². The van der Waals surface area contributed by atoms with Crippen LogP contribution in [0, 0.1) is 0 Å². The Bertz CT molecular complexity index is 541. The second-order valence-corrected chi connectivity index (χ2v) is 5.53. The van der Waals surface area contributed by atoms with Gasteiger partial charge in [-0.2, -0.15) is 0 Å². The zero-order chi connectivity index (χ0) is 15.5. The van der Waals surface area contributed by atoms with E-state index in [9.17, 15) is 4.79 Å². The van der Waals surface area contributed by atoms with Gasteiger partial charge in [0.15, 0.2) is 17.6 Å². The first kappa shape index (κ1) is 15.0. The lowest BCUT2D eigenvalue weighted by atomic mass is 10.2. The Balaban J connectivity index is 1.57. The maximum atomic E-state index is 12.5. The first-order chi connectivity index (χ1) is 10.7. The molecule has 120 valence electrons. The molecule has 2 heterocycles. The van der Waals surface area contributed by atoms with E-state index in [0.29, 0.717) is 17.2 Å². The fourth-order valence-corrected chi connectivity index (χ4v) is 2.75. The summed E-state index contributed by atoms with van der Waals surface area (Å²) in [5, 5.41) is 0. The highest BCUT2D eigenvalue weighted by molar-refractivity contribution is 5.81. The molecule has 22 heavy (non-hydrogen) atoms. The van der Waals surface area contributed by atoms with Crippen molar-refractivity contribution < 1.29 is 19.0 Å². The quantitative estimate of drug-likeness (QED) is 0.840. The number of rotatable bonds is 4. The van der Waals surface area contributed by atoms with Crippen LogP contribution in [0.5, 0.6) is 17.2 Å². The van der Waals surface area contributed by atoms with Crippen molar-refractivity contribution in [3.8, 4) is 17.2 Å². The van der Waals surface area contributed by atoms with Gasteiger partial charge in [-0.3, -0.25) is 4.79 Å². The van der Waals surface area contributed by atoms with Gasteiger partial charge in [0.2, 0.25) is 6.79 Å². The van der Waals surface area contributed by atoms with Crippen LogP contribution in [-0.4, -0.2) is 61.3 Å². The topological polar surface area (TPSA) is 51.2 Å². The number of hydrogen-bond acceptors (Lipinski definition) is 5. The molecule has 0 aromatic heterocycles. The van der Waals surface area contributed by atoms with E-state index in [1.807, 2.05) is 4.90 Å². The van der Waals surface area contributed by atoms with Gasteiger partial charge in [-0.15, -0.1) is 0 Å². The normalized spacial score (nSPS) is 19.1. The number of carbonyl (C=O) groups is 1. The Labute approximate surface area is 130 Å². The second kappa shape index (κ2) is 6.44. The summed E-state index contributed by atoms with van der Waals surface area (Å²) in [5.74, 6) is 2.03. The van der Waals surface area contributed by atoms with Gasteiger partial charge in [-0.05, 0) is 25.6 Å². The molecule has 2 aliphatic rings. The molecule has 6 heteroatoms. The summed E-state index contributed by atoms with van der Waals surface area (Å²) in [6, 6.07) is 5.36. The molecule has 3 rings (SSSR count). The van der Waals surface area contributed by atoms with Crippen molar-refractivity contribution in [3.05, 3.63) is 18.2 Å². The monoisotopic (exact) mass is 306 g/mol. The molecule has 1 aromatic rings. The van der Waals surface area contributed by atoms with E-state index < -0.39 is 6.10 Å². The molecular weight excluding hydrogens is 284 g/mol. The van der Waals surface area contributed by atoms with Crippen LogP contribution in [0.15, 0.2) is 18.2 Å². The third kappa shape index (κ3) is 3.11. The van der Waals surface area contributed by atoms with Gasteiger partial charge in [-0.25, -0.2) is 0 Å². The lowest BCUT2D eigenvalue weighted by Crippen LogP contribution is -2.51. The predicted octanol–water partition coefficient (Wildman–Crippen LogP) is 1.35. The summed E-state index contributed by atoms with van der Waals surface area (Å²) in [4.78, 5) is 16.7. The highest BCUT2D eigenvalue weighted by Crippen LogP contribution is 2.35. The number of ether oxygens (including phenoxy) is 3. The van der Waals surface area contributed by atoms with E-state index in [1.165, 1.54) is 0 Å². The molecule has 0 bridgehead atoms. The molecule has 0 aliphatic carbocycles. The number of fused-ring (bicyclic) bond motifs is 1. The molecule has 1 saturated heterocycles. The van der Waals surface area contributed by atoms with Crippen LogP contribution in [0.4, 0.5) is 0 Å². The van der Waals surface area contributed by atoms with Crippen molar-refractivity contribution in [2.24, 2.45) is 0 Å².